The Morgan fingerprint density at radius 1 is 0.741 bits per heavy atom. The number of urea groups is 1. The molecule has 6 aromatic rings. The molecule has 2 fully saturated rings. The van der Waals surface area contributed by atoms with Crippen LogP contribution in [0.1, 0.15) is 24.2 Å². The smallest absolute Gasteiger partial charge is 0.327 e. The molecule has 6 aromatic heterocycles. The van der Waals surface area contributed by atoms with Crippen LogP contribution in [-0.2, 0) is 0 Å². The molecule has 272 valence electrons. The number of carbonyl (C=O) groups excluding carboxylic acids is 1. The molecule has 0 aliphatic carbocycles. The van der Waals surface area contributed by atoms with E-state index >= 15 is 0 Å². The molecule has 4 aliphatic rings. The van der Waals surface area contributed by atoms with Gasteiger partial charge in [0.25, 0.3) is 0 Å². The van der Waals surface area contributed by atoms with E-state index in [1.54, 1.807) is 54.1 Å². The second kappa shape index (κ2) is 15.1. The highest BCUT2D eigenvalue weighted by atomic mass is 16.2. The molecule has 0 saturated carbocycles. The largest absolute Gasteiger partial charge is 0.397 e. The van der Waals surface area contributed by atoms with Crippen molar-refractivity contribution in [3.05, 3.63) is 109 Å². The summed E-state index contributed by atoms with van der Waals surface area (Å²) in [5, 5.41) is 6.43. The van der Waals surface area contributed by atoms with Crippen LogP contribution in [0.2, 0.25) is 0 Å². The van der Waals surface area contributed by atoms with Gasteiger partial charge >= 0.3 is 6.03 Å². The summed E-state index contributed by atoms with van der Waals surface area (Å²) >= 11 is 0. The maximum Gasteiger partial charge on any atom is 0.327 e. The van der Waals surface area contributed by atoms with E-state index in [0.29, 0.717) is 29.1 Å². The number of carbonyl (C=O) groups is 1. The lowest BCUT2D eigenvalue weighted by Gasteiger charge is -2.35. The van der Waals surface area contributed by atoms with E-state index in [9.17, 15) is 4.79 Å². The molecule has 0 unspecified atom stereocenters. The highest BCUT2D eigenvalue weighted by Gasteiger charge is 2.41. The van der Waals surface area contributed by atoms with Crippen molar-refractivity contribution >= 4 is 40.4 Å². The van der Waals surface area contributed by atoms with E-state index in [-0.39, 0.29) is 12.1 Å². The van der Waals surface area contributed by atoms with Gasteiger partial charge in [0.05, 0.1) is 47.4 Å². The third-order valence-corrected chi connectivity index (χ3v) is 9.64. The summed E-state index contributed by atoms with van der Waals surface area (Å²) in [6.45, 7) is 7.77. The Bertz CT molecular complexity index is 2220. The lowest BCUT2D eigenvalue weighted by molar-refractivity contribution is 0.255. The van der Waals surface area contributed by atoms with Crippen LogP contribution in [0.3, 0.4) is 0 Å². The summed E-state index contributed by atoms with van der Waals surface area (Å²) in [4.78, 5) is 54.3. The molecule has 54 heavy (non-hydrogen) atoms. The first-order valence-electron chi connectivity index (χ1n) is 17.9. The highest BCUT2D eigenvalue weighted by Crippen LogP contribution is 2.39. The number of aromatic nitrogens is 8. The molecule has 4 N–H and O–H groups in total. The van der Waals surface area contributed by atoms with Crippen molar-refractivity contribution in [3.63, 3.8) is 0 Å². The summed E-state index contributed by atoms with van der Waals surface area (Å²) in [5.41, 5.74) is 12.4. The van der Waals surface area contributed by atoms with E-state index in [4.69, 9.17) is 10.7 Å². The molecular weight excluding hydrogens is 681 g/mol. The van der Waals surface area contributed by atoms with Crippen LogP contribution in [0, 0.1) is 13.8 Å². The fourth-order valence-corrected chi connectivity index (χ4v) is 6.85. The number of rotatable bonds is 3. The standard InChI is InChI=1S/C20H19N7O.C14H15N5.C5H6N2/c1-13-4-5-14(9-22-13)18-23-11-17-19(25-18)27(16-6-8-26(17)12-16)20(28)24-15-3-2-7-21-10-15;1-9-2-3-10(6-15-9)13-16-7-12-14(18-13)17-11-4-5-19(12)8-11;6-5-2-1-3-7-4-5/h2-5,7,9-11,16H,6,8,12H2,1H3,(H,24,28);2-3,6-7,11H,4-5,8H2,1H3,(H,16,17,18);1-4H,6H2/t16-;11-;/m00./s1. The van der Waals surface area contributed by atoms with Crippen molar-refractivity contribution in [1.82, 2.24) is 39.9 Å². The Labute approximate surface area is 312 Å². The van der Waals surface area contributed by atoms with E-state index in [1.165, 1.54) is 6.42 Å². The first-order chi connectivity index (χ1) is 26.4. The zero-order chi connectivity index (χ0) is 37.0. The fraction of sp³-hybridized carbons (Fsp3) is 0.256. The highest BCUT2D eigenvalue weighted by molar-refractivity contribution is 6.04. The molecule has 2 amide bonds. The number of pyridine rings is 4. The minimum Gasteiger partial charge on any atom is -0.397 e. The van der Waals surface area contributed by atoms with E-state index in [2.05, 4.69) is 55.3 Å². The summed E-state index contributed by atoms with van der Waals surface area (Å²) < 4.78 is 0. The Morgan fingerprint density at radius 2 is 1.41 bits per heavy atom. The molecule has 2 atom stereocenters. The molecule has 0 radical (unpaired) electrons. The molecule has 4 bridgehead atoms. The van der Waals surface area contributed by atoms with Crippen molar-refractivity contribution in [1.29, 1.82) is 0 Å². The van der Waals surface area contributed by atoms with Gasteiger partial charge in [-0.25, -0.2) is 24.7 Å². The number of amides is 2. The van der Waals surface area contributed by atoms with E-state index in [1.807, 2.05) is 62.8 Å². The molecule has 10 rings (SSSR count). The summed E-state index contributed by atoms with van der Waals surface area (Å²) in [6, 6.07) is 15.5. The van der Waals surface area contributed by atoms with Crippen LogP contribution >= 0.6 is 0 Å². The van der Waals surface area contributed by atoms with Crippen LogP contribution in [0.5, 0.6) is 0 Å². The molecule has 10 heterocycles. The molecule has 2 saturated heterocycles. The normalized spacial score (nSPS) is 17.2. The first-order valence-corrected chi connectivity index (χ1v) is 17.9. The number of nitrogen functional groups attached to an aromatic ring is 1. The van der Waals surface area contributed by atoms with Gasteiger partial charge in [-0.2, -0.15) is 0 Å². The average molecular weight is 721 g/mol. The Kier molecular flexibility index (Phi) is 9.58. The summed E-state index contributed by atoms with van der Waals surface area (Å²) in [7, 11) is 0. The number of nitrogens with two attached hydrogens (primary N) is 1. The third kappa shape index (κ3) is 7.42. The Hall–Kier alpha value is -6.77. The van der Waals surface area contributed by atoms with Crippen molar-refractivity contribution in [2.75, 3.05) is 57.2 Å². The van der Waals surface area contributed by atoms with Crippen molar-refractivity contribution in [3.8, 4) is 22.8 Å². The monoisotopic (exact) mass is 720 g/mol. The number of hydrogen-bond donors (Lipinski definition) is 3. The van der Waals surface area contributed by atoms with E-state index in [0.717, 1.165) is 78.1 Å². The minimum absolute atomic E-state index is 0.0862. The quantitative estimate of drug-likeness (QED) is 0.212. The second-order valence-electron chi connectivity index (χ2n) is 13.5. The number of nitrogens with one attached hydrogen (secondary N) is 2. The van der Waals surface area contributed by atoms with Gasteiger partial charge in [0, 0.05) is 85.7 Å². The molecule has 0 aromatic carbocycles. The van der Waals surface area contributed by atoms with Crippen molar-refractivity contribution in [2.45, 2.75) is 38.8 Å². The van der Waals surface area contributed by atoms with E-state index < -0.39 is 0 Å². The average Bonchev–Trinajstić information content (AvgIpc) is 3.80. The lowest BCUT2D eigenvalue weighted by Crippen LogP contribution is -2.48. The van der Waals surface area contributed by atoms with Gasteiger partial charge in [-0.1, -0.05) is 0 Å². The van der Waals surface area contributed by atoms with Gasteiger partial charge in [0.2, 0.25) is 0 Å². The summed E-state index contributed by atoms with van der Waals surface area (Å²) in [6.07, 6.45) is 16.0. The maximum atomic E-state index is 13.1. The zero-order valence-corrected chi connectivity index (χ0v) is 30.0. The maximum absolute atomic E-state index is 13.1. The van der Waals surface area contributed by atoms with Crippen LogP contribution in [0.4, 0.5) is 39.2 Å². The number of aryl methyl sites for hydroxylation is 2. The van der Waals surface area contributed by atoms with Crippen LogP contribution in [0.15, 0.2) is 98.1 Å². The lowest BCUT2D eigenvalue weighted by atomic mass is 10.2. The fourth-order valence-electron chi connectivity index (χ4n) is 6.85. The molecular formula is C39H40N14O. The SMILES string of the molecule is Cc1ccc(-c2ncc3c(n2)N(C(=O)Nc2cccnc2)[C@H]2CCN3C2)cn1.Cc1ccc(-c2ncc3c(n2)N[C@H]2CCN3C2)cn1.Nc1cccnc1. The van der Waals surface area contributed by atoms with Gasteiger partial charge in [-0.15, -0.1) is 0 Å². The van der Waals surface area contributed by atoms with Gasteiger partial charge in [-0.3, -0.25) is 24.8 Å². The van der Waals surface area contributed by atoms with Gasteiger partial charge in [0.1, 0.15) is 0 Å². The number of nitrogens with zero attached hydrogens (tertiary/aromatic N) is 11. The number of anilines is 6. The molecule has 15 nitrogen and oxygen atoms in total. The Balaban J connectivity index is 0.000000136. The number of fused-ring (bicyclic) bond motifs is 8. The van der Waals surface area contributed by atoms with Gasteiger partial charge < -0.3 is 26.2 Å². The molecule has 4 aliphatic heterocycles. The zero-order valence-electron chi connectivity index (χ0n) is 30.0. The van der Waals surface area contributed by atoms with Crippen LogP contribution in [-0.4, -0.2) is 84.2 Å². The van der Waals surface area contributed by atoms with Crippen molar-refractivity contribution < 1.29 is 4.79 Å². The van der Waals surface area contributed by atoms with Crippen molar-refractivity contribution in [2.24, 2.45) is 0 Å². The van der Waals surface area contributed by atoms with Crippen LogP contribution < -0.4 is 31.1 Å². The minimum atomic E-state index is -0.201. The van der Waals surface area contributed by atoms with Gasteiger partial charge in [0.15, 0.2) is 23.3 Å². The summed E-state index contributed by atoms with van der Waals surface area (Å²) in [5.74, 6) is 2.90. The van der Waals surface area contributed by atoms with Crippen LogP contribution in [0.25, 0.3) is 22.8 Å². The predicted octanol–water partition coefficient (Wildman–Crippen LogP) is 5.39. The Morgan fingerprint density at radius 3 is 2.04 bits per heavy atom. The second-order valence-corrected chi connectivity index (χ2v) is 13.5. The molecule has 0 spiro atoms. The molecule has 15 heteroatoms. The number of hydrogen-bond acceptors (Lipinski definition) is 13. The predicted molar refractivity (Wildman–Crippen MR) is 209 cm³/mol. The first kappa shape index (κ1) is 34.3. The third-order valence-electron chi connectivity index (χ3n) is 9.64. The topological polar surface area (TPSA) is 180 Å². The van der Waals surface area contributed by atoms with Gasteiger partial charge in [-0.05, 0) is 75.2 Å².